The predicted molar refractivity (Wildman–Crippen MR) is 153 cm³/mol. The molecular weight excluding hydrogens is 494 g/mol. The van der Waals surface area contributed by atoms with Gasteiger partial charge in [-0.05, 0) is 60.9 Å². The Morgan fingerprint density at radius 2 is 1.51 bits per heavy atom. The van der Waals surface area contributed by atoms with Gasteiger partial charge in [0.25, 0.3) is 11.6 Å². The van der Waals surface area contributed by atoms with Gasteiger partial charge in [-0.25, -0.2) is 0 Å². The maximum Gasteiger partial charge on any atom is 0.293 e. The van der Waals surface area contributed by atoms with Crippen LogP contribution < -0.4 is 15.1 Å². The summed E-state index contributed by atoms with van der Waals surface area (Å²) in [5, 5.41) is 14.5. The SMILES string of the molecule is O=C(Nc1ccc(N2CCN(C(=O)/C=C/c3ccccc3)CC2)cc1)c1ccc(N2CCCC2)c([N+](=O)[O-])c1. The third-order valence-electron chi connectivity index (χ3n) is 7.18. The summed E-state index contributed by atoms with van der Waals surface area (Å²) in [5.74, 6) is -0.389. The molecule has 2 amide bonds. The van der Waals surface area contributed by atoms with Crippen LogP contribution in [-0.4, -0.2) is 60.9 Å². The number of nitrogens with one attached hydrogen (secondary N) is 1. The van der Waals surface area contributed by atoms with Gasteiger partial charge in [0.15, 0.2) is 0 Å². The van der Waals surface area contributed by atoms with Gasteiger partial charge >= 0.3 is 0 Å². The number of rotatable bonds is 7. The Hall–Kier alpha value is -4.66. The second-order valence-corrected chi connectivity index (χ2v) is 9.71. The van der Waals surface area contributed by atoms with E-state index in [9.17, 15) is 19.7 Å². The summed E-state index contributed by atoms with van der Waals surface area (Å²) in [6.07, 6.45) is 5.48. The minimum Gasteiger partial charge on any atom is -0.368 e. The normalized spacial score (nSPS) is 15.5. The average molecular weight is 526 g/mol. The second-order valence-electron chi connectivity index (χ2n) is 9.71. The van der Waals surface area contributed by atoms with Crippen LogP contribution in [0.4, 0.5) is 22.7 Å². The quantitative estimate of drug-likeness (QED) is 0.270. The highest BCUT2D eigenvalue weighted by molar-refractivity contribution is 6.05. The number of hydrogen-bond donors (Lipinski definition) is 1. The predicted octanol–water partition coefficient (Wildman–Crippen LogP) is 4.81. The number of hydrogen-bond acceptors (Lipinski definition) is 6. The van der Waals surface area contributed by atoms with Crippen LogP contribution >= 0.6 is 0 Å². The van der Waals surface area contributed by atoms with Gasteiger partial charge in [-0.3, -0.25) is 19.7 Å². The van der Waals surface area contributed by atoms with Crippen molar-refractivity contribution in [3.63, 3.8) is 0 Å². The van der Waals surface area contributed by atoms with Crippen molar-refractivity contribution < 1.29 is 14.5 Å². The van der Waals surface area contributed by atoms with Gasteiger partial charge < -0.3 is 20.0 Å². The first-order chi connectivity index (χ1) is 19.0. The number of amides is 2. The van der Waals surface area contributed by atoms with Gasteiger partial charge in [-0.2, -0.15) is 0 Å². The van der Waals surface area contributed by atoms with Crippen LogP contribution in [0.25, 0.3) is 6.08 Å². The largest absolute Gasteiger partial charge is 0.368 e. The van der Waals surface area contributed by atoms with Crippen molar-refractivity contribution in [3.8, 4) is 0 Å². The van der Waals surface area contributed by atoms with E-state index in [4.69, 9.17) is 0 Å². The molecule has 200 valence electrons. The lowest BCUT2D eigenvalue weighted by atomic mass is 10.1. The number of carbonyl (C=O) groups excluding carboxylic acids is 2. The number of carbonyl (C=O) groups is 2. The molecular formula is C30H31N5O4. The Morgan fingerprint density at radius 3 is 2.18 bits per heavy atom. The van der Waals surface area contributed by atoms with Crippen LogP contribution in [0.3, 0.4) is 0 Å². The first-order valence-corrected chi connectivity index (χ1v) is 13.2. The molecule has 0 bridgehead atoms. The molecule has 39 heavy (non-hydrogen) atoms. The number of nitrogens with zero attached hydrogens (tertiary/aromatic N) is 4. The number of benzene rings is 3. The topological polar surface area (TPSA) is 99.0 Å². The van der Waals surface area contributed by atoms with E-state index in [0.717, 1.165) is 37.2 Å². The summed E-state index contributed by atoms with van der Waals surface area (Å²) in [4.78, 5) is 42.7. The minimum atomic E-state index is -0.424. The van der Waals surface area contributed by atoms with Crippen LogP contribution in [0.2, 0.25) is 0 Å². The first kappa shape index (κ1) is 26.0. The standard InChI is InChI=1S/C30H31N5O4/c36-29(15-8-23-6-2-1-3-7-23)34-20-18-32(19-21-34)26-12-10-25(11-13-26)31-30(37)24-9-14-27(28(22-24)35(38)39)33-16-4-5-17-33/h1-3,6-15,22H,4-5,16-21H2,(H,31,37)/b15-8+. The third-order valence-corrected chi connectivity index (χ3v) is 7.18. The minimum absolute atomic E-state index is 0.00487. The molecule has 0 aliphatic carbocycles. The van der Waals surface area contributed by atoms with Gasteiger partial charge in [0.2, 0.25) is 5.91 Å². The van der Waals surface area contributed by atoms with E-state index in [1.807, 2.05) is 70.5 Å². The molecule has 3 aromatic carbocycles. The molecule has 2 aliphatic heterocycles. The first-order valence-electron chi connectivity index (χ1n) is 13.2. The highest BCUT2D eigenvalue weighted by Gasteiger charge is 2.24. The van der Waals surface area contributed by atoms with Crippen molar-refractivity contribution in [1.82, 2.24) is 4.90 Å². The highest BCUT2D eigenvalue weighted by Crippen LogP contribution is 2.32. The molecule has 1 N–H and O–H groups in total. The average Bonchev–Trinajstić information content (AvgIpc) is 3.52. The molecule has 0 atom stereocenters. The summed E-state index contributed by atoms with van der Waals surface area (Å²) >= 11 is 0. The lowest BCUT2D eigenvalue weighted by Crippen LogP contribution is -2.48. The smallest absolute Gasteiger partial charge is 0.293 e. The Labute approximate surface area is 227 Å². The van der Waals surface area contributed by atoms with Gasteiger partial charge in [0.05, 0.1) is 4.92 Å². The number of nitro benzene ring substituents is 1. The molecule has 2 saturated heterocycles. The summed E-state index contributed by atoms with van der Waals surface area (Å²) in [7, 11) is 0. The van der Waals surface area contributed by atoms with Crippen molar-refractivity contribution >= 4 is 40.6 Å². The number of anilines is 3. The van der Waals surface area contributed by atoms with Crippen LogP contribution in [0, 0.1) is 10.1 Å². The Morgan fingerprint density at radius 1 is 0.821 bits per heavy atom. The van der Waals surface area contributed by atoms with Crippen LogP contribution in [0.15, 0.2) is 78.9 Å². The Kier molecular flexibility index (Phi) is 7.86. The van der Waals surface area contributed by atoms with E-state index < -0.39 is 10.8 Å². The Balaban J connectivity index is 1.16. The van der Waals surface area contributed by atoms with Gasteiger partial charge in [-0.1, -0.05) is 30.3 Å². The molecule has 0 spiro atoms. The molecule has 5 rings (SSSR count). The van der Waals surface area contributed by atoms with E-state index >= 15 is 0 Å². The molecule has 0 saturated carbocycles. The maximum atomic E-state index is 12.9. The molecule has 0 unspecified atom stereocenters. The molecule has 9 nitrogen and oxygen atoms in total. The molecule has 2 fully saturated rings. The molecule has 0 radical (unpaired) electrons. The van der Waals surface area contributed by atoms with E-state index in [0.29, 0.717) is 37.6 Å². The van der Waals surface area contributed by atoms with Crippen molar-refractivity contribution in [2.75, 3.05) is 54.4 Å². The van der Waals surface area contributed by atoms with Crippen LogP contribution in [0.5, 0.6) is 0 Å². The summed E-state index contributed by atoms with van der Waals surface area (Å²) in [6, 6.07) is 21.9. The van der Waals surface area contributed by atoms with Crippen molar-refractivity contribution in [2.24, 2.45) is 0 Å². The van der Waals surface area contributed by atoms with E-state index in [-0.39, 0.29) is 17.2 Å². The summed E-state index contributed by atoms with van der Waals surface area (Å²) in [6.45, 7) is 4.25. The molecule has 9 heteroatoms. The Bertz CT molecular complexity index is 1360. The summed E-state index contributed by atoms with van der Waals surface area (Å²) < 4.78 is 0. The van der Waals surface area contributed by atoms with Gasteiger partial charge in [0, 0.05) is 68.3 Å². The lowest BCUT2D eigenvalue weighted by Gasteiger charge is -2.35. The third kappa shape index (κ3) is 6.26. The van der Waals surface area contributed by atoms with Crippen molar-refractivity contribution in [3.05, 3.63) is 100 Å². The molecule has 0 aromatic heterocycles. The van der Waals surface area contributed by atoms with Crippen LogP contribution in [0.1, 0.15) is 28.8 Å². The maximum absolute atomic E-state index is 12.9. The van der Waals surface area contributed by atoms with Crippen molar-refractivity contribution in [1.29, 1.82) is 0 Å². The van der Waals surface area contributed by atoms with Crippen molar-refractivity contribution in [2.45, 2.75) is 12.8 Å². The zero-order valence-electron chi connectivity index (χ0n) is 21.7. The van der Waals surface area contributed by atoms with E-state index in [2.05, 4.69) is 10.2 Å². The highest BCUT2D eigenvalue weighted by atomic mass is 16.6. The molecule has 2 heterocycles. The fourth-order valence-corrected chi connectivity index (χ4v) is 5.02. The number of nitro groups is 1. The lowest BCUT2D eigenvalue weighted by molar-refractivity contribution is -0.384. The van der Waals surface area contributed by atoms with Gasteiger partial charge in [-0.15, -0.1) is 0 Å². The monoisotopic (exact) mass is 525 g/mol. The van der Waals surface area contributed by atoms with Gasteiger partial charge in [0.1, 0.15) is 5.69 Å². The zero-order chi connectivity index (χ0) is 27.2. The fourth-order valence-electron chi connectivity index (χ4n) is 5.02. The number of piperazine rings is 1. The van der Waals surface area contributed by atoms with E-state index in [1.54, 1.807) is 18.2 Å². The molecule has 2 aliphatic rings. The fraction of sp³-hybridized carbons (Fsp3) is 0.267. The summed E-state index contributed by atoms with van der Waals surface area (Å²) in [5.41, 5.74) is 3.37. The second kappa shape index (κ2) is 11.8. The van der Waals surface area contributed by atoms with E-state index in [1.165, 1.54) is 6.07 Å². The zero-order valence-corrected chi connectivity index (χ0v) is 21.7. The van der Waals surface area contributed by atoms with Crippen LogP contribution in [-0.2, 0) is 4.79 Å². The molecule has 3 aromatic rings.